The minimum Gasteiger partial charge on any atom is -0.348 e. The zero-order chi connectivity index (χ0) is 22.5. The van der Waals surface area contributed by atoms with Crippen LogP contribution in [-0.4, -0.2) is 36.6 Å². The van der Waals surface area contributed by atoms with Gasteiger partial charge in [-0.05, 0) is 49.2 Å². The van der Waals surface area contributed by atoms with Gasteiger partial charge < -0.3 is 5.32 Å². The highest BCUT2D eigenvalue weighted by Crippen LogP contribution is 2.25. The van der Waals surface area contributed by atoms with Crippen LogP contribution >= 0.6 is 11.6 Å². The number of carbonyl (C=O) groups excluding carboxylic acids is 1. The molecule has 0 radical (unpaired) electrons. The summed E-state index contributed by atoms with van der Waals surface area (Å²) in [4.78, 5) is 22.5. The van der Waals surface area contributed by atoms with Crippen molar-refractivity contribution in [2.45, 2.75) is 31.3 Å². The van der Waals surface area contributed by atoms with E-state index in [1.165, 1.54) is 47.8 Å². The van der Waals surface area contributed by atoms with Gasteiger partial charge in [0.15, 0.2) is 0 Å². The molecule has 0 heterocycles. The smallest absolute Gasteiger partial charge is 0.288 e. The predicted octanol–water partition coefficient (Wildman–Crippen LogP) is 3.61. The Kier molecular flexibility index (Phi) is 7.71. The highest BCUT2D eigenvalue weighted by atomic mass is 35.5. The molecule has 0 aliphatic rings. The fraction of sp³-hybridized carbons (Fsp3) is 0.250. The van der Waals surface area contributed by atoms with E-state index in [0.717, 1.165) is 5.56 Å². The van der Waals surface area contributed by atoms with Crippen LogP contribution < -0.4 is 5.32 Å². The number of nitrogens with zero attached hydrogens (tertiary/aromatic N) is 2. The SMILES string of the molecule is CC(C)N(C)S(=O)(=O)c1ccc(CNC(=O)/C=C/c2ccc(Cl)c([N+](=O)[O-])c2)cc1. The Morgan fingerprint density at radius 2 is 1.87 bits per heavy atom. The molecule has 160 valence electrons. The number of nitro groups is 1. The summed E-state index contributed by atoms with van der Waals surface area (Å²) in [7, 11) is -2.04. The van der Waals surface area contributed by atoms with E-state index >= 15 is 0 Å². The fourth-order valence-electron chi connectivity index (χ4n) is 2.42. The number of hydrogen-bond acceptors (Lipinski definition) is 5. The van der Waals surface area contributed by atoms with Crippen LogP contribution in [0.3, 0.4) is 0 Å². The van der Waals surface area contributed by atoms with E-state index in [2.05, 4.69) is 5.32 Å². The Hall–Kier alpha value is -2.75. The number of hydrogen-bond donors (Lipinski definition) is 1. The molecule has 0 atom stereocenters. The molecule has 0 unspecified atom stereocenters. The lowest BCUT2D eigenvalue weighted by Crippen LogP contribution is -2.33. The van der Waals surface area contributed by atoms with E-state index in [0.29, 0.717) is 5.56 Å². The van der Waals surface area contributed by atoms with Gasteiger partial charge in [0.25, 0.3) is 5.69 Å². The number of benzene rings is 2. The van der Waals surface area contributed by atoms with Crippen molar-refractivity contribution in [2.24, 2.45) is 0 Å². The quantitative estimate of drug-likeness (QED) is 0.374. The molecule has 0 aliphatic heterocycles. The molecule has 30 heavy (non-hydrogen) atoms. The molecule has 0 saturated heterocycles. The number of amides is 1. The summed E-state index contributed by atoms with van der Waals surface area (Å²) in [5, 5.41) is 13.6. The minimum absolute atomic E-state index is 0.0200. The maximum absolute atomic E-state index is 12.5. The van der Waals surface area contributed by atoms with Crippen molar-refractivity contribution in [3.63, 3.8) is 0 Å². The zero-order valence-electron chi connectivity index (χ0n) is 16.7. The third-order valence-corrected chi connectivity index (χ3v) is 6.76. The van der Waals surface area contributed by atoms with Gasteiger partial charge in [-0.2, -0.15) is 4.31 Å². The van der Waals surface area contributed by atoms with Gasteiger partial charge in [0.1, 0.15) is 5.02 Å². The molecular weight excluding hydrogens is 430 g/mol. The molecule has 0 fully saturated rings. The van der Waals surface area contributed by atoms with Gasteiger partial charge in [-0.3, -0.25) is 14.9 Å². The summed E-state index contributed by atoms with van der Waals surface area (Å²) in [6.07, 6.45) is 2.69. The zero-order valence-corrected chi connectivity index (χ0v) is 18.3. The number of rotatable bonds is 8. The molecule has 2 aromatic carbocycles. The van der Waals surface area contributed by atoms with E-state index in [1.54, 1.807) is 32.0 Å². The van der Waals surface area contributed by atoms with Gasteiger partial charge in [-0.15, -0.1) is 0 Å². The summed E-state index contributed by atoms with van der Waals surface area (Å²) >= 11 is 5.76. The van der Waals surface area contributed by atoms with Crippen LogP contribution in [0, 0.1) is 10.1 Å². The van der Waals surface area contributed by atoms with Crippen molar-refractivity contribution in [3.05, 3.63) is 74.8 Å². The van der Waals surface area contributed by atoms with Crippen LogP contribution in [0.15, 0.2) is 53.4 Å². The second kappa shape index (κ2) is 9.84. The predicted molar refractivity (Wildman–Crippen MR) is 116 cm³/mol. The van der Waals surface area contributed by atoms with Crippen LogP contribution in [0.5, 0.6) is 0 Å². The summed E-state index contributed by atoms with van der Waals surface area (Å²) < 4.78 is 26.2. The average molecular weight is 452 g/mol. The standard InChI is InChI=1S/C20H22ClN3O5S/c1-14(2)23(3)30(28,29)17-8-4-16(5-9-17)13-22-20(25)11-7-15-6-10-18(21)19(12-15)24(26)27/h4-12,14H,13H2,1-3H3,(H,22,25)/b11-7+. The summed E-state index contributed by atoms with van der Waals surface area (Å²) in [6, 6.07) is 10.3. The molecule has 0 aliphatic carbocycles. The van der Waals surface area contributed by atoms with E-state index in [1.807, 2.05) is 0 Å². The van der Waals surface area contributed by atoms with Crippen LogP contribution in [0.2, 0.25) is 5.02 Å². The molecule has 2 rings (SSSR count). The highest BCUT2D eigenvalue weighted by Gasteiger charge is 2.22. The first-order chi connectivity index (χ1) is 14.0. The van der Waals surface area contributed by atoms with Crippen LogP contribution in [0.25, 0.3) is 6.08 Å². The van der Waals surface area contributed by atoms with Crippen molar-refractivity contribution < 1.29 is 18.1 Å². The first-order valence-electron chi connectivity index (χ1n) is 8.99. The topological polar surface area (TPSA) is 110 Å². The van der Waals surface area contributed by atoms with E-state index in [4.69, 9.17) is 11.6 Å². The summed E-state index contributed by atoms with van der Waals surface area (Å²) in [5.74, 6) is -0.399. The van der Waals surface area contributed by atoms with Gasteiger partial charge in [0.2, 0.25) is 15.9 Å². The van der Waals surface area contributed by atoms with Crippen molar-refractivity contribution >= 4 is 39.3 Å². The van der Waals surface area contributed by atoms with E-state index < -0.39 is 20.9 Å². The van der Waals surface area contributed by atoms with Crippen molar-refractivity contribution in [3.8, 4) is 0 Å². The Bertz CT molecular complexity index is 1070. The van der Waals surface area contributed by atoms with Crippen molar-refractivity contribution in [1.82, 2.24) is 9.62 Å². The lowest BCUT2D eigenvalue weighted by molar-refractivity contribution is -0.384. The Morgan fingerprint density at radius 1 is 1.23 bits per heavy atom. The largest absolute Gasteiger partial charge is 0.348 e. The first-order valence-corrected chi connectivity index (χ1v) is 10.8. The number of sulfonamides is 1. The monoisotopic (exact) mass is 451 g/mol. The molecule has 1 amide bonds. The number of carbonyl (C=O) groups is 1. The third-order valence-electron chi connectivity index (χ3n) is 4.39. The molecule has 0 saturated carbocycles. The second-order valence-electron chi connectivity index (χ2n) is 6.78. The van der Waals surface area contributed by atoms with E-state index in [-0.39, 0.29) is 28.2 Å². The summed E-state index contributed by atoms with van der Waals surface area (Å²) in [5.41, 5.74) is 0.951. The molecule has 0 bridgehead atoms. The number of nitro benzene ring substituents is 1. The van der Waals surface area contributed by atoms with Crippen molar-refractivity contribution in [1.29, 1.82) is 0 Å². The Morgan fingerprint density at radius 3 is 2.43 bits per heavy atom. The molecule has 0 spiro atoms. The minimum atomic E-state index is -3.56. The lowest BCUT2D eigenvalue weighted by Gasteiger charge is -2.21. The molecule has 1 N–H and O–H groups in total. The number of nitrogens with one attached hydrogen (secondary N) is 1. The lowest BCUT2D eigenvalue weighted by atomic mass is 10.2. The maximum atomic E-state index is 12.5. The molecule has 0 aromatic heterocycles. The number of halogens is 1. The second-order valence-corrected chi connectivity index (χ2v) is 9.18. The Balaban J connectivity index is 1.99. The maximum Gasteiger partial charge on any atom is 0.288 e. The normalized spacial score (nSPS) is 11.9. The molecular formula is C20H22ClN3O5S. The van der Waals surface area contributed by atoms with Crippen LogP contribution in [-0.2, 0) is 21.4 Å². The third kappa shape index (κ3) is 5.88. The highest BCUT2D eigenvalue weighted by molar-refractivity contribution is 7.89. The van der Waals surface area contributed by atoms with Gasteiger partial charge >= 0.3 is 0 Å². The molecule has 8 nitrogen and oxygen atoms in total. The van der Waals surface area contributed by atoms with Crippen LogP contribution in [0.4, 0.5) is 5.69 Å². The van der Waals surface area contributed by atoms with Crippen molar-refractivity contribution in [2.75, 3.05) is 7.05 Å². The van der Waals surface area contributed by atoms with E-state index in [9.17, 15) is 23.3 Å². The Labute approximate surface area is 180 Å². The van der Waals surface area contributed by atoms with Gasteiger partial charge in [0, 0.05) is 31.8 Å². The van der Waals surface area contributed by atoms with Gasteiger partial charge in [0.05, 0.1) is 9.82 Å². The van der Waals surface area contributed by atoms with Gasteiger partial charge in [-0.1, -0.05) is 29.8 Å². The average Bonchev–Trinajstić information content (AvgIpc) is 2.71. The van der Waals surface area contributed by atoms with Crippen LogP contribution in [0.1, 0.15) is 25.0 Å². The summed E-state index contributed by atoms with van der Waals surface area (Å²) in [6.45, 7) is 3.78. The molecule has 10 heteroatoms. The van der Waals surface area contributed by atoms with Gasteiger partial charge in [-0.25, -0.2) is 8.42 Å². The first kappa shape index (κ1) is 23.5. The fourth-order valence-corrected chi connectivity index (χ4v) is 3.97. The molecule has 2 aromatic rings.